The lowest BCUT2D eigenvalue weighted by Crippen LogP contribution is -2.37. The number of carboxylic acid groups (broad SMARTS) is 1. The van der Waals surface area contributed by atoms with Gasteiger partial charge < -0.3 is 14.7 Å². The predicted molar refractivity (Wildman–Crippen MR) is 70.6 cm³/mol. The van der Waals surface area contributed by atoms with E-state index in [1.807, 2.05) is 6.92 Å². The van der Waals surface area contributed by atoms with Crippen LogP contribution in [-0.4, -0.2) is 36.9 Å². The Kier molecular flexibility index (Phi) is 4.13. The first-order valence-electron chi connectivity index (χ1n) is 6.51. The number of nitrogens with zero attached hydrogens (tertiary/aromatic N) is 1. The molecule has 1 heterocycles. The first kappa shape index (κ1) is 15.6. The summed E-state index contributed by atoms with van der Waals surface area (Å²) in [5.74, 6) is -1.59. The molecular formula is C14H16F3NO3. The van der Waals surface area contributed by atoms with E-state index >= 15 is 0 Å². The molecule has 4 nitrogen and oxygen atoms in total. The molecule has 0 amide bonds. The van der Waals surface area contributed by atoms with Crippen molar-refractivity contribution in [3.63, 3.8) is 0 Å². The summed E-state index contributed by atoms with van der Waals surface area (Å²) < 4.78 is 44.4. The number of alkyl halides is 3. The molecule has 1 aliphatic rings. The predicted octanol–water partition coefficient (Wildman–Crippen LogP) is 3.02. The van der Waals surface area contributed by atoms with E-state index in [2.05, 4.69) is 0 Å². The lowest BCUT2D eigenvalue weighted by molar-refractivity contribution is -0.138. The standard InChI is InChI=1S/C14H16F3NO3/c1-8-12(5-6-21-8)18(2)9-3-4-10(13(19)20)11(7-9)14(15,16)17/h3-4,7-8,12H,5-6H2,1-2H3,(H,19,20). The molecule has 7 heteroatoms. The summed E-state index contributed by atoms with van der Waals surface area (Å²) in [6.07, 6.45) is -4.06. The average molecular weight is 303 g/mol. The van der Waals surface area contributed by atoms with E-state index in [0.29, 0.717) is 12.3 Å². The Balaban J connectivity index is 2.40. The van der Waals surface area contributed by atoms with Crippen molar-refractivity contribution >= 4 is 11.7 Å². The smallest absolute Gasteiger partial charge is 0.417 e. The molecule has 0 aromatic heterocycles. The topological polar surface area (TPSA) is 49.8 Å². The van der Waals surface area contributed by atoms with Crippen LogP contribution in [0.15, 0.2) is 18.2 Å². The van der Waals surface area contributed by atoms with Gasteiger partial charge in [-0.05, 0) is 31.5 Å². The molecular weight excluding hydrogens is 287 g/mol. The molecule has 2 atom stereocenters. The summed E-state index contributed by atoms with van der Waals surface area (Å²) in [4.78, 5) is 12.6. The second kappa shape index (κ2) is 5.55. The molecule has 0 radical (unpaired) electrons. The minimum absolute atomic E-state index is 0.0261. The number of aromatic carboxylic acids is 1. The van der Waals surface area contributed by atoms with Gasteiger partial charge in [-0.15, -0.1) is 0 Å². The molecule has 1 aromatic carbocycles. The summed E-state index contributed by atoms with van der Waals surface area (Å²) in [5.41, 5.74) is -1.55. The van der Waals surface area contributed by atoms with Crippen molar-refractivity contribution in [1.82, 2.24) is 0 Å². The highest BCUT2D eigenvalue weighted by Gasteiger charge is 2.36. The molecule has 116 valence electrons. The van der Waals surface area contributed by atoms with Crippen LogP contribution >= 0.6 is 0 Å². The second-order valence-corrected chi connectivity index (χ2v) is 5.08. The zero-order valence-electron chi connectivity index (χ0n) is 11.6. The third-order valence-electron chi connectivity index (χ3n) is 3.78. The van der Waals surface area contributed by atoms with Crippen LogP contribution in [0, 0.1) is 0 Å². The van der Waals surface area contributed by atoms with Crippen molar-refractivity contribution < 1.29 is 27.8 Å². The number of halogens is 3. The number of anilines is 1. The van der Waals surface area contributed by atoms with Gasteiger partial charge in [-0.25, -0.2) is 4.79 Å². The maximum atomic E-state index is 13.0. The number of hydrogen-bond donors (Lipinski definition) is 1. The maximum Gasteiger partial charge on any atom is 0.417 e. The monoisotopic (exact) mass is 303 g/mol. The van der Waals surface area contributed by atoms with Crippen molar-refractivity contribution in [2.75, 3.05) is 18.6 Å². The van der Waals surface area contributed by atoms with Crippen LogP contribution in [0.5, 0.6) is 0 Å². The highest BCUT2D eigenvalue weighted by Crippen LogP contribution is 2.35. The van der Waals surface area contributed by atoms with E-state index < -0.39 is 23.3 Å². The highest BCUT2D eigenvalue weighted by molar-refractivity contribution is 5.90. The Morgan fingerprint density at radius 1 is 1.43 bits per heavy atom. The zero-order valence-corrected chi connectivity index (χ0v) is 11.6. The second-order valence-electron chi connectivity index (χ2n) is 5.08. The Morgan fingerprint density at radius 2 is 2.10 bits per heavy atom. The van der Waals surface area contributed by atoms with Crippen LogP contribution in [0.25, 0.3) is 0 Å². The minimum atomic E-state index is -4.71. The van der Waals surface area contributed by atoms with E-state index in [1.165, 1.54) is 6.07 Å². The van der Waals surface area contributed by atoms with E-state index in [0.717, 1.165) is 18.6 Å². The fourth-order valence-corrected chi connectivity index (χ4v) is 2.59. The lowest BCUT2D eigenvalue weighted by Gasteiger charge is -2.29. The van der Waals surface area contributed by atoms with Gasteiger partial charge in [0.05, 0.1) is 23.3 Å². The number of hydrogen-bond acceptors (Lipinski definition) is 3. The zero-order chi connectivity index (χ0) is 15.8. The Bertz CT molecular complexity index is 545. The number of ether oxygens (including phenoxy) is 1. The number of carboxylic acids is 1. The third-order valence-corrected chi connectivity index (χ3v) is 3.78. The van der Waals surface area contributed by atoms with Crippen molar-refractivity contribution in [1.29, 1.82) is 0 Å². The molecule has 1 aromatic rings. The van der Waals surface area contributed by atoms with Crippen molar-refractivity contribution in [3.8, 4) is 0 Å². The summed E-state index contributed by atoms with van der Waals surface area (Å²) in [5, 5.41) is 8.88. The molecule has 21 heavy (non-hydrogen) atoms. The SMILES string of the molecule is CC1OCCC1N(C)c1ccc(C(=O)O)c(C(F)(F)F)c1. The molecule has 1 aliphatic heterocycles. The molecule has 2 rings (SSSR count). The summed E-state index contributed by atoms with van der Waals surface area (Å²) in [6.45, 7) is 2.43. The van der Waals surface area contributed by atoms with Gasteiger partial charge in [0.1, 0.15) is 0 Å². The molecule has 2 unspecified atom stereocenters. The van der Waals surface area contributed by atoms with Gasteiger partial charge >= 0.3 is 12.1 Å². The summed E-state index contributed by atoms with van der Waals surface area (Å²) in [7, 11) is 1.69. The van der Waals surface area contributed by atoms with Crippen molar-refractivity contribution in [2.45, 2.75) is 31.7 Å². The molecule has 0 spiro atoms. The first-order valence-corrected chi connectivity index (χ1v) is 6.51. The number of likely N-dealkylation sites (N-methyl/N-ethyl adjacent to an activating group) is 1. The molecule has 0 bridgehead atoms. The average Bonchev–Trinajstić information content (AvgIpc) is 2.82. The van der Waals surface area contributed by atoms with E-state index in [-0.39, 0.29) is 12.1 Å². The molecule has 1 saturated heterocycles. The number of rotatable bonds is 3. The maximum absolute atomic E-state index is 13.0. The van der Waals surface area contributed by atoms with Gasteiger partial charge in [0.2, 0.25) is 0 Å². The Labute approximate surface area is 120 Å². The summed E-state index contributed by atoms with van der Waals surface area (Å²) in [6, 6.07) is 3.25. The van der Waals surface area contributed by atoms with Crippen LogP contribution in [0.3, 0.4) is 0 Å². The van der Waals surface area contributed by atoms with Crippen LogP contribution < -0.4 is 4.90 Å². The molecule has 1 N–H and O–H groups in total. The van der Waals surface area contributed by atoms with Crippen molar-refractivity contribution in [2.24, 2.45) is 0 Å². The molecule has 0 saturated carbocycles. The largest absolute Gasteiger partial charge is 0.478 e. The van der Waals surface area contributed by atoms with E-state index in [9.17, 15) is 18.0 Å². The Hall–Kier alpha value is -1.76. The van der Waals surface area contributed by atoms with Gasteiger partial charge in [0.15, 0.2) is 0 Å². The van der Waals surface area contributed by atoms with Crippen LogP contribution in [0.2, 0.25) is 0 Å². The number of carbonyl (C=O) groups is 1. The molecule has 0 aliphatic carbocycles. The third kappa shape index (κ3) is 3.12. The van der Waals surface area contributed by atoms with E-state index in [4.69, 9.17) is 9.84 Å². The fourth-order valence-electron chi connectivity index (χ4n) is 2.59. The minimum Gasteiger partial charge on any atom is -0.478 e. The van der Waals surface area contributed by atoms with Gasteiger partial charge in [0.25, 0.3) is 0 Å². The van der Waals surface area contributed by atoms with Crippen LogP contribution in [0.1, 0.15) is 29.3 Å². The lowest BCUT2D eigenvalue weighted by atomic mass is 10.0. The normalized spacial score (nSPS) is 22.3. The molecule has 1 fully saturated rings. The quantitative estimate of drug-likeness (QED) is 0.932. The van der Waals surface area contributed by atoms with Crippen LogP contribution in [-0.2, 0) is 10.9 Å². The van der Waals surface area contributed by atoms with Gasteiger partial charge in [-0.3, -0.25) is 0 Å². The number of benzene rings is 1. The highest BCUT2D eigenvalue weighted by atomic mass is 19.4. The van der Waals surface area contributed by atoms with Gasteiger partial charge in [-0.1, -0.05) is 0 Å². The first-order chi connectivity index (χ1) is 9.71. The van der Waals surface area contributed by atoms with Gasteiger partial charge in [-0.2, -0.15) is 13.2 Å². The summed E-state index contributed by atoms with van der Waals surface area (Å²) >= 11 is 0. The van der Waals surface area contributed by atoms with Gasteiger partial charge in [0, 0.05) is 19.3 Å². The van der Waals surface area contributed by atoms with E-state index in [1.54, 1.807) is 11.9 Å². The van der Waals surface area contributed by atoms with Crippen molar-refractivity contribution in [3.05, 3.63) is 29.3 Å². The fraction of sp³-hybridized carbons (Fsp3) is 0.500. The Morgan fingerprint density at radius 3 is 2.57 bits per heavy atom. The van der Waals surface area contributed by atoms with Crippen LogP contribution in [0.4, 0.5) is 18.9 Å².